The third kappa shape index (κ3) is 9.69. The molecule has 4 aliphatic heterocycles. The van der Waals surface area contributed by atoms with Crippen LogP contribution in [-0.2, 0) is 28.5 Å². The van der Waals surface area contributed by atoms with E-state index in [1.165, 1.54) is 14.2 Å². The predicted octanol–water partition coefficient (Wildman–Crippen LogP) is 7.74. The summed E-state index contributed by atoms with van der Waals surface area (Å²) in [5.74, 6) is 0.881. The summed E-state index contributed by atoms with van der Waals surface area (Å²) in [6.45, 7) is 12.1. The van der Waals surface area contributed by atoms with Crippen LogP contribution in [0.2, 0.25) is 0 Å². The topological polar surface area (TPSA) is 210 Å². The lowest BCUT2D eigenvalue weighted by atomic mass is 9.85. The summed E-state index contributed by atoms with van der Waals surface area (Å²) >= 11 is 0. The quantitative estimate of drug-likeness (QED) is 0.101. The second-order valence-corrected chi connectivity index (χ2v) is 19.8. The van der Waals surface area contributed by atoms with Gasteiger partial charge in [0.25, 0.3) is 0 Å². The molecule has 0 aliphatic carbocycles. The van der Waals surface area contributed by atoms with Crippen LogP contribution in [0, 0.1) is 11.8 Å². The zero-order chi connectivity index (χ0) is 48.7. The maximum atomic E-state index is 14.5. The van der Waals surface area contributed by atoms with Crippen LogP contribution in [0.4, 0.5) is 9.59 Å². The molecule has 1 aromatic carbocycles. The number of imidazole rings is 2. The number of carbonyl (C=O) groups excluding carboxylic acids is 4. The summed E-state index contributed by atoms with van der Waals surface area (Å²) in [5, 5.41) is 5.76. The second-order valence-electron chi connectivity index (χ2n) is 19.8. The van der Waals surface area contributed by atoms with Crippen LogP contribution >= 0.6 is 0 Å². The molecule has 0 saturated carbocycles. The largest absolute Gasteiger partial charge is 0.453 e. The first-order chi connectivity index (χ1) is 33.2. The van der Waals surface area contributed by atoms with Crippen molar-refractivity contribution in [1.82, 2.24) is 49.8 Å². The molecule has 8 heterocycles. The Bertz CT molecular complexity index is 2620. The lowest BCUT2D eigenvalue weighted by Crippen LogP contribution is -2.55. The van der Waals surface area contributed by atoms with Gasteiger partial charge in [-0.05, 0) is 122 Å². The highest BCUT2D eigenvalue weighted by atomic mass is 16.5. The molecule has 0 spiro atoms. The van der Waals surface area contributed by atoms with E-state index < -0.39 is 24.3 Å². The van der Waals surface area contributed by atoms with Gasteiger partial charge in [-0.1, -0.05) is 24.3 Å². The van der Waals surface area contributed by atoms with E-state index in [9.17, 15) is 19.2 Å². The Morgan fingerprint density at radius 3 is 1.58 bits per heavy atom. The smallest absolute Gasteiger partial charge is 0.407 e. The summed E-state index contributed by atoms with van der Waals surface area (Å²) in [6, 6.07) is 10.0. The SMILES string of the molecule is COC(=O)NC(C(=O)N1[C@@H](C)CC[C@H]1c1ncc(-c2ccc(-c3cnc(-c4cnc([C@@H]5CC[C@H](C)N5C(=O)[C@@H](NC(=O)OC)C5C[C@@H](C)O[C@@H](C)C5)[nH]4)c4cccn34)cc2)[nH]1)C1C[C@@H](C)O[C@@H](C)C1. The first kappa shape index (κ1) is 47.8. The van der Waals surface area contributed by atoms with Gasteiger partial charge in [0.15, 0.2) is 0 Å². The number of alkyl carbamates (subject to hydrolysis) is 2. The van der Waals surface area contributed by atoms with Crippen LogP contribution in [0.15, 0.2) is 61.2 Å². The molecule has 18 nitrogen and oxygen atoms in total. The van der Waals surface area contributed by atoms with Crippen molar-refractivity contribution < 1.29 is 38.1 Å². The van der Waals surface area contributed by atoms with Crippen LogP contribution < -0.4 is 10.6 Å². The number of ether oxygens (including phenoxy) is 4. The molecule has 69 heavy (non-hydrogen) atoms. The Morgan fingerprint density at radius 1 is 0.623 bits per heavy atom. The van der Waals surface area contributed by atoms with E-state index in [-0.39, 0.29) is 72.2 Å². The third-order valence-electron chi connectivity index (χ3n) is 14.8. The Kier molecular flexibility index (Phi) is 13.8. The molecule has 368 valence electrons. The van der Waals surface area contributed by atoms with E-state index >= 15 is 0 Å². The van der Waals surface area contributed by atoms with Crippen LogP contribution in [0.3, 0.4) is 0 Å². The van der Waals surface area contributed by atoms with Crippen LogP contribution in [0.5, 0.6) is 0 Å². The maximum absolute atomic E-state index is 14.5. The highest BCUT2D eigenvalue weighted by Gasteiger charge is 2.46. The Morgan fingerprint density at radius 2 is 1.09 bits per heavy atom. The van der Waals surface area contributed by atoms with Gasteiger partial charge in [0.1, 0.15) is 29.4 Å². The third-order valence-corrected chi connectivity index (χ3v) is 14.8. The van der Waals surface area contributed by atoms with E-state index in [0.717, 1.165) is 65.1 Å². The zero-order valence-electron chi connectivity index (χ0n) is 40.8. The highest BCUT2D eigenvalue weighted by Crippen LogP contribution is 2.41. The average Bonchev–Trinajstić information content (AvgIpc) is 4.20. The zero-order valence-corrected chi connectivity index (χ0v) is 40.8. The Hall–Kier alpha value is -6.27. The van der Waals surface area contributed by atoms with Crippen LogP contribution in [-0.4, -0.2) is 126 Å². The molecule has 18 heteroatoms. The van der Waals surface area contributed by atoms with Gasteiger partial charge in [0.2, 0.25) is 11.8 Å². The number of hydrogen-bond donors (Lipinski definition) is 4. The number of aromatic nitrogens is 6. The number of methoxy groups -OCH3 is 2. The lowest BCUT2D eigenvalue weighted by molar-refractivity contribution is -0.141. The first-order valence-electron chi connectivity index (χ1n) is 24.5. The molecule has 4 amide bonds. The molecule has 4 saturated heterocycles. The fraction of sp³-hybridized carbons (Fsp3) is 0.549. The number of benzene rings is 1. The van der Waals surface area contributed by atoms with Gasteiger partial charge in [-0.15, -0.1) is 0 Å². The van der Waals surface area contributed by atoms with Gasteiger partial charge >= 0.3 is 12.2 Å². The number of amides is 4. The van der Waals surface area contributed by atoms with Crippen molar-refractivity contribution in [2.75, 3.05) is 14.2 Å². The summed E-state index contributed by atoms with van der Waals surface area (Å²) in [7, 11) is 2.62. The van der Waals surface area contributed by atoms with E-state index in [0.29, 0.717) is 37.3 Å². The molecule has 5 aromatic rings. The molecule has 4 aliphatic rings. The van der Waals surface area contributed by atoms with Gasteiger partial charge in [0, 0.05) is 23.8 Å². The molecule has 4 fully saturated rings. The van der Waals surface area contributed by atoms with Crippen LogP contribution in [0.1, 0.15) is 117 Å². The fourth-order valence-electron chi connectivity index (χ4n) is 11.7. The van der Waals surface area contributed by atoms with Gasteiger partial charge in [-0.3, -0.25) is 14.6 Å². The van der Waals surface area contributed by atoms with Crippen molar-refractivity contribution >= 4 is 29.5 Å². The van der Waals surface area contributed by atoms with E-state index in [1.807, 2.05) is 94.2 Å². The number of nitrogens with one attached hydrogen (secondary N) is 4. The highest BCUT2D eigenvalue weighted by molar-refractivity contribution is 5.88. The molecule has 4 N–H and O–H groups in total. The molecular formula is C51H66N10O8. The molecule has 9 rings (SSSR count). The van der Waals surface area contributed by atoms with E-state index in [4.69, 9.17) is 33.9 Å². The van der Waals surface area contributed by atoms with Crippen molar-refractivity contribution in [3.8, 4) is 33.9 Å². The van der Waals surface area contributed by atoms with Gasteiger partial charge in [-0.2, -0.15) is 0 Å². The lowest BCUT2D eigenvalue weighted by Gasteiger charge is -2.39. The minimum absolute atomic E-state index is 0.0329. The first-order valence-corrected chi connectivity index (χ1v) is 24.5. The molecule has 0 bridgehead atoms. The standard InChI is InChI=1S/C51H66N10O8/c1-27-11-17-40(60(27)48(62)43(57-50(64)66-7)35-20-29(3)68-30(4)21-35)46-53-24-37(55-46)33-13-15-34(16-14-33)42-26-52-45(39-10-9-19-59(39)42)38-25-54-47(56-38)41-18-12-28(2)61(41)49(63)44(58-51(65)67-8)36-22-31(5)69-32(6)23-36/h9-10,13-16,19,24-32,35-36,40-41,43-44H,11-12,17-18,20-23H2,1-8H3,(H,53,55)(H,54,56)(H,57,64)(H,58,65)/t27-,28-,29-,30+,31-,32+,35?,36?,40-,41-,43?,44-/m0/s1. The molecule has 12 atom stereocenters. The van der Waals surface area contributed by atoms with Gasteiger partial charge in [0.05, 0.1) is 91.9 Å². The van der Waals surface area contributed by atoms with E-state index in [1.54, 1.807) is 6.20 Å². The summed E-state index contributed by atoms with van der Waals surface area (Å²) in [6.07, 6.45) is 11.7. The van der Waals surface area contributed by atoms with Crippen molar-refractivity contribution in [3.05, 3.63) is 72.8 Å². The Labute approximate surface area is 402 Å². The van der Waals surface area contributed by atoms with Crippen molar-refractivity contribution in [2.45, 2.75) is 154 Å². The van der Waals surface area contributed by atoms with Crippen molar-refractivity contribution in [1.29, 1.82) is 0 Å². The monoisotopic (exact) mass is 947 g/mol. The minimum atomic E-state index is -0.762. The number of likely N-dealkylation sites (tertiary alicyclic amines) is 2. The molecular weight excluding hydrogens is 881 g/mol. The number of aromatic amines is 2. The predicted molar refractivity (Wildman–Crippen MR) is 256 cm³/mol. The maximum Gasteiger partial charge on any atom is 0.407 e. The van der Waals surface area contributed by atoms with E-state index in [2.05, 4.69) is 37.1 Å². The van der Waals surface area contributed by atoms with Gasteiger partial charge in [-0.25, -0.2) is 19.6 Å². The number of fused-ring (bicyclic) bond motifs is 1. The summed E-state index contributed by atoms with van der Waals surface area (Å²) in [5.41, 5.74) is 5.97. The number of H-pyrrole nitrogens is 2. The molecule has 4 aromatic heterocycles. The molecule has 3 unspecified atom stereocenters. The van der Waals surface area contributed by atoms with Gasteiger partial charge < -0.3 is 53.7 Å². The van der Waals surface area contributed by atoms with Crippen LogP contribution in [0.25, 0.3) is 39.4 Å². The summed E-state index contributed by atoms with van der Waals surface area (Å²) < 4.78 is 24.0. The fourth-order valence-corrected chi connectivity index (χ4v) is 11.7. The number of carbonyl (C=O) groups is 4. The van der Waals surface area contributed by atoms with Crippen molar-refractivity contribution in [3.63, 3.8) is 0 Å². The molecule has 0 radical (unpaired) electrons. The summed E-state index contributed by atoms with van der Waals surface area (Å²) in [4.78, 5) is 79.6. The minimum Gasteiger partial charge on any atom is -0.453 e. The number of nitrogens with zero attached hydrogens (tertiary/aromatic N) is 6. The normalized spacial score (nSPS) is 28.1. The average molecular weight is 947 g/mol. The number of hydrogen-bond acceptors (Lipinski definition) is 11. The second kappa shape index (κ2) is 20.0. The van der Waals surface area contributed by atoms with Crippen molar-refractivity contribution in [2.24, 2.45) is 11.8 Å². The number of rotatable bonds is 11. The Balaban J connectivity index is 0.917.